The quantitative estimate of drug-likeness (QED) is 0.836. The number of halogens is 2. The first kappa shape index (κ1) is 19.8. The fraction of sp³-hybridized carbons (Fsp3) is 0.421. The van der Waals surface area contributed by atoms with Gasteiger partial charge in [-0.1, -0.05) is 0 Å². The highest BCUT2D eigenvalue weighted by Crippen LogP contribution is 2.32. The Balaban J connectivity index is 1.87. The van der Waals surface area contributed by atoms with E-state index in [1.807, 2.05) is 0 Å². The number of alkyl carbamates (subject to hydrolysis) is 1. The van der Waals surface area contributed by atoms with Crippen molar-refractivity contribution in [2.75, 3.05) is 23.7 Å². The molecule has 28 heavy (non-hydrogen) atoms. The van der Waals surface area contributed by atoms with Gasteiger partial charge in [0, 0.05) is 19.0 Å². The van der Waals surface area contributed by atoms with Crippen LogP contribution in [-0.4, -0.2) is 40.8 Å². The highest BCUT2D eigenvalue weighted by atomic mass is 19.1. The maximum atomic E-state index is 14.4. The maximum absolute atomic E-state index is 14.4. The molecule has 1 saturated heterocycles. The molecule has 2 aromatic rings. The number of nitrogens with two attached hydrogens (primary N) is 1. The molecule has 7 nitrogen and oxygen atoms in total. The molecule has 0 spiro atoms. The molecule has 1 aromatic carbocycles. The predicted molar refractivity (Wildman–Crippen MR) is 101 cm³/mol. The van der Waals surface area contributed by atoms with Crippen LogP contribution < -0.4 is 16.0 Å². The molecule has 0 bridgehead atoms. The number of nitrogens with one attached hydrogen (secondary N) is 1. The second kappa shape index (κ2) is 7.57. The Labute approximate surface area is 161 Å². The number of ether oxygens (including phenoxy) is 1. The monoisotopic (exact) mass is 391 g/mol. The lowest BCUT2D eigenvalue weighted by molar-refractivity contribution is 0.0504. The van der Waals surface area contributed by atoms with Crippen LogP contribution in [0.5, 0.6) is 0 Å². The number of nitrogens with zero attached hydrogens (tertiary/aromatic N) is 3. The van der Waals surface area contributed by atoms with Gasteiger partial charge < -0.3 is 20.7 Å². The van der Waals surface area contributed by atoms with E-state index < -0.39 is 35.3 Å². The first-order valence-electron chi connectivity index (χ1n) is 8.89. The van der Waals surface area contributed by atoms with Crippen molar-refractivity contribution in [1.82, 2.24) is 15.3 Å². The summed E-state index contributed by atoms with van der Waals surface area (Å²) in [5.74, 6) is -1.20. The fourth-order valence-electron chi connectivity index (χ4n) is 3.18. The third-order valence-electron chi connectivity index (χ3n) is 4.32. The molecule has 1 aromatic heterocycles. The number of aromatic nitrogens is 2. The number of nitrogen functional groups attached to an aromatic ring is 1. The van der Waals surface area contributed by atoms with Crippen molar-refractivity contribution in [1.29, 1.82) is 0 Å². The van der Waals surface area contributed by atoms with Crippen molar-refractivity contribution >= 4 is 17.7 Å². The van der Waals surface area contributed by atoms with Crippen LogP contribution in [0, 0.1) is 11.6 Å². The minimum Gasteiger partial charge on any atom is -0.444 e. The number of amides is 1. The Morgan fingerprint density at radius 1 is 1.25 bits per heavy atom. The van der Waals surface area contributed by atoms with Crippen LogP contribution in [0.25, 0.3) is 0 Å². The summed E-state index contributed by atoms with van der Waals surface area (Å²) in [6.45, 7) is 5.85. The molecule has 9 heteroatoms. The molecule has 1 amide bonds. The number of hydrogen-bond donors (Lipinski definition) is 2. The summed E-state index contributed by atoms with van der Waals surface area (Å²) in [6, 6.07) is 2.77. The minimum absolute atomic E-state index is 0.180. The summed E-state index contributed by atoms with van der Waals surface area (Å²) >= 11 is 0. The second-order valence-corrected chi connectivity index (χ2v) is 7.75. The molecular formula is C19H23F2N5O2. The Kier molecular flexibility index (Phi) is 5.35. The fourth-order valence-corrected chi connectivity index (χ4v) is 3.18. The van der Waals surface area contributed by atoms with Gasteiger partial charge in [0.15, 0.2) is 0 Å². The number of hydrogen-bond acceptors (Lipinski definition) is 6. The molecule has 1 aliphatic heterocycles. The van der Waals surface area contributed by atoms with E-state index in [9.17, 15) is 13.6 Å². The lowest BCUT2D eigenvalue weighted by Crippen LogP contribution is -2.43. The summed E-state index contributed by atoms with van der Waals surface area (Å²) in [6.07, 6.45) is 2.31. The van der Waals surface area contributed by atoms with E-state index >= 15 is 0 Å². The lowest BCUT2D eigenvalue weighted by atomic mass is 9.94. The number of benzene rings is 1. The third-order valence-corrected chi connectivity index (χ3v) is 4.32. The number of carbonyl (C=O) groups is 1. The summed E-state index contributed by atoms with van der Waals surface area (Å²) in [5.41, 5.74) is 5.54. The van der Waals surface area contributed by atoms with E-state index in [-0.39, 0.29) is 5.56 Å². The largest absolute Gasteiger partial charge is 0.444 e. The summed E-state index contributed by atoms with van der Waals surface area (Å²) in [5, 5.41) is 2.77. The third kappa shape index (κ3) is 4.65. The van der Waals surface area contributed by atoms with Crippen LogP contribution >= 0.6 is 0 Å². The molecule has 3 N–H and O–H groups in total. The average Bonchev–Trinajstić information content (AvgIpc) is 2.99. The van der Waals surface area contributed by atoms with Gasteiger partial charge in [-0.05, 0) is 44.5 Å². The van der Waals surface area contributed by atoms with Gasteiger partial charge in [-0.2, -0.15) is 0 Å². The van der Waals surface area contributed by atoms with E-state index in [0.29, 0.717) is 24.7 Å². The van der Waals surface area contributed by atoms with E-state index in [0.717, 1.165) is 18.2 Å². The van der Waals surface area contributed by atoms with E-state index in [1.165, 1.54) is 12.4 Å². The van der Waals surface area contributed by atoms with E-state index in [2.05, 4.69) is 15.3 Å². The molecule has 2 atom stereocenters. The zero-order valence-corrected chi connectivity index (χ0v) is 15.9. The van der Waals surface area contributed by atoms with Crippen LogP contribution in [0.4, 0.5) is 25.2 Å². The van der Waals surface area contributed by atoms with Gasteiger partial charge in [-0.25, -0.2) is 23.5 Å². The molecule has 1 fully saturated rings. The Morgan fingerprint density at radius 2 is 1.93 bits per heavy atom. The Morgan fingerprint density at radius 3 is 2.57 bits per heavy atom. The highest BCUT2D eigenvalue weighted by molar-refractivity contribution is 5.68. The average molecular weight is 391 g/mol. The minimum atomic E-state index is -0.679. The number of anilines is 2. The maximum Gasteiger partial charge on any atom is 0.407 e. The van der Waals surface area contributed by atoms with Crippen LogP contribution in [-0.2, 0) is 4.74 Å². The Bertz CT molecular complexity index is 854. The number of carbonyl (C=O) groups excluding carboxylic acids is 1. The predicted octanol–water partition coefficient (Wildman–Crippen LogP) is 2.83. The molecule has 150 valence electrons. The summed E-state index contributed by atoms with van der Waals surface area (Å²) in [4.78, 5) is 22.4. The highest BCUT2D eigenvalue weighted by Gasteiger charge is 2.38. The molecule has 0 saturated carbocycles. The van der Waals surface area contributed by atoms with Crippen LogP contribution in [0.3, 0.4) is 0 Å². The van der Waals surface area contributed by atoms with E-state index in [4.69, 9.17) is 10.5 Å². The van der Waals surface area contributed by atoms with E-state index in [1.54, 1.807) is 25.7 Å². The summed E-state index contributed by atoms with van der Waals surface area (Å²) < 4.78 is 33.5. The molecule has 3 rings (SSSR count). The van der Waals surface area contributed by atoms with Crippen molar-refractivity contribution in [2.24, 2.45) is 0 Å². The normalized spacial score (nSPS) is 19.5. The van der Waals surface area contributed by atoms with Crippen LogP contribution in [0.2, 0.25) is 0 Å². The smallest absolute Gasteiger partial charge is 0.407 e. The van der Waals surface area contributed by atoms with Crippen molar-refractivity contribution in [3.8, 4) is 0 Å². The first-order valence-corrected chi connectivity index (χ1v) is 8.89. The van der Waals surface area contributed by atoms with Crippen molar-refractivity contribution in [3.05, 3.63) is 47.8 Å². The van der Waals surface area contributed by atoms with Crippen molar-refractivity contribution in [2.45, 2.75) is 38.3 Å². The Hall–Kier alpha value is -2.97. The van der Waals surface area contributed by atoms with Gasteiger partial charge >= 0.3 is 6.09 Å². The van der Waals surface area contributed by atoms with Gasteiger partial charge in [-0.15, -0.1) is 0 Å². The molecule has 0 radical (unpaired) electrons. The zero-order chi connectivity index (χ0) is 20.5. The number of rotatable bonds is 3. The molecule has 1 aliphatic rings. The van der Waals surface area contributed by atoms with Gasteiger partial charge in [0.1, 0.15) is 17.2 Å². The molecule has 2 unspecified atom stereocenters. The summed E-state index contributed by atoms with van der Waals surface area (Å²) in [7, 11) is 0. The van der Waals surface area contributed by atoms with Gasteiger partial charge in [-0.3, -0.25) is 0 Å². The van der Waals surface area contributed by atoms with Gasteiger partial charge in [0.25, 0.3) is 0 Å². The SMILES string of the molecule is CC(C)(C)OC(=O)NC1CN(c2ncc(N)cn2)CC1c1cc(F)ccc1F. The van der Waals surface area contributed by atoms with Crippen LogP contribution in [0.15, 0.2) is 30.6 Å². The van der Waals surface area contributed by atoms with Crippen LogP contribution in [0.1, 0.15) is 32.3 Å². The molecule has 0 aliphatic carbocycles. The first-order chi connectivity index (χ1) is 13.1. The molecule has 2 heterocycles. The molecular weight excluding hydrogens is 368 g/mol. The topological polar surface area (TPSA) is 93.4 Å². The van der Waals surface area contributed by atoms with Gasteiger partial charge in [0.2, 0.25) is 5.95 Å². The standard InChI is InChI=1S/C19H23F2N5O2/c1-19(2,3)28-18(27)25-16-10-26(17-23-7-12(22)8-24-17)9-14(16)13-6-11(20)4-5-15(13)21/h4-8,14,16H,9-10,22H2,1-3H3,(H,25,27). The van der Waals surface area contributed by atoms with Gasteiger partial charge in [0.05, 0.1) is 24.1 Å². The zero-order valence-electron chi connectivity index (χ0n) is 15.9. The van der Waals surface area contributed by atoms with Crippen molar-refractivity contribution < 1.29 is 18.3 Å². The lowest BCUT2D eigenvalue weighted by Gasteiger charge is -2.24. The second-order valence-electron chi connectivity index (χ2n) is 7.75. The van der Waals surface area contributed by atoms with Crippen molar-refractivity contribution in [3.63, 3.8) is 0 Å².